The van der Waals surface area contributed by atoms with Crippen molar-refractivity contribution < 1.29 is 9.47 Å². The van der Waals surface area contributed by atoms with E-state index in [0.29, 0.717) is 13.2 Å². The number of anilines is 1. The van der Waals surface area contributed by atoms with Crippen LogP contribution in [0.3, 0.4) is 0 Å². The van der Waals surface area contributed by atoms with Crippen molar-refractivity contribution in [2.45, 2.75) is 34.1 Å². The average molecular weight is 326 g/mol. The first-order valence-corrected chi connectivity index (χ1v) is 8.40. The predicted octanol–water partition coefficient (Wildman–Crippen LogP) is 4.94. The molecule has 0 radical (unpaired) electrons. The fourth-order valence-corrected chi connectivity index (χ4v) is 2.20. The summed E-state index contributed by atoms with van der Waals surface area (Å²) in [6.45, 7) is 9.52. The van der Waals surface area contributed by atoms with Crippen LogP contribution in [0.25, 0.3) is 0 Å². The van der Waals surface area contributed by atoms with Gasteiger partial charge < -0.3 is 9.47 Å². The fourth-order valence-electron chi connectivity index (χ4n) is 2.20. The van der Waals surface area contributed by atoms with Gasteiger partial charge in [-0.3, -0.25) is 5.43 Å². The minimum Gasteiger partial charge on any atom is -0.490 e. The van der Waals surface area contributed by atoms with Crippen LogP contribution in [0.15, 0.2) is 41.5 Å². The molecule has 0 saturated heterocycles. The molecule has 0 aliphatic rings. The SMILES string of the molecule is CCCOc1ccc(/C=N/Nc2ccc(C)c(C)c2)cc1OCC. The van der Waals surface area contributed by atoms with Crippen LogP contribution >= 0.6 is 0 Å². The van der Waals surface area contributed by atoms with E-state index in [-0.39, 0.29) is 0 Å². The first-order valence-electron chi connectivity index (χ1n) is 8.40. The summed E-state index contributed by atoms with van der Waals surface area (Å²) in [6.07, 6.45) is 2.75. The van der Waals surface area contributed by atoms with Gasteiger partial charge in [-0.15, -0.1) is 0 Å². The molecule has 0 bridgehead atoms. The lowest BCUT2D eigenvalue weighted by molar-refractivity contribution is 0.277. The second-order valence-corrected chi connectivity index (χ2v) is 5.66. The van der Waals surface area contributed by atoms with Crippen LogP contribution < -0.4 is 14.9 Å². The molecule has 0 aliphatic heterocycles. The maximum Gasteiger partial charge on any atom is 0.161 e. The summed E-state index contributed by atoms with van der Waals surface area (Å²) in [4.78, 5) is 0. The molecule has 24 heavy (non-hydrogen) atoms. The molecule has 2 rings (SSSR count). The lowest BCUT2D eigenvalue weighted by atomic mass is 10.1. The average Bonchev–Trinajstić information content (AvgIpc) is 2.58. The van der Waals surface area contributed by atoms with Crippen molar-refractivity contribution in [3.05, 3.63) is 53.1 Å². The van der Waals surface area contributed by atoms with Crippen molar-refractivity contribution in [2.24, 2.45) is 5.10 Å². The summed E-state index contributed by atoms with van der Waals surface area (Å²) in [7, 11) is 0. The van der Waals surface area contributed by atoms with Crippen LogP contribution in [0.2, 0.25) is 0 Å². The molecular weight excluding hydrogens is 300 g/mol. The van der Waals surface area contributed by atoms with Gasteiger partial charge >= 0.3 is 0 Å². The van der Waals surface area contributed by atoms with E-state index in [9.17, 15) is 0 Å². The second-order valence-electron chi connectivity index (χ2n) is 5.66. The number of nitrogens with one attached hydrogen (secondary N) is 1. The summed E-state index contributed by atoms with van der Waals surface area (Å²) in [5, 5.41) is 4.30. The van der Waals surface area contributed by atoms with E-state index in [2.05, 4.69) is 43.4 Å². The summed E-state index contributed by atoms with van der Waals surface area (Å²) < 4.78 is 11.4. The van der Waals surface area contributed by atoms with Gasteiger partial charge in [0.15, 0.2) is 11.5 Å². The molecule has 0 heterocycles. The van der Waals surface area contributed by atoms with E-state index in [0.717, 1.165) is 29.2 Å². The van der Waals surface area contributed by atoms with Crippen LogP contribution in [-0.4, -0.2) is 19.4 Å². The van der Waals surface area contributed by atoms with Gasteiger partial charge in [-0.05, 0) is 74.2 Å². The Balaban J connectivity index is 2.07. The van der Waals surface area contributed by atoms with E-state index < -0.39 is 0 Å². The highest BCUT2D eigenvalue weighted by molar-refractivity contribution is 5.81. The summed E-state index contributed by atoms with van der Waals surface area (Å²) >= 11 is 0. The number of ether oxygens (including phenoxy) is 2. The van der Waals surface area contributed by atoms with Gasteiger partial charge in [0.25, 0.3) is 0 Å². The molecule has 2 aromatic carbocycles. The zero-order valence-electron chi connectivity index (χ0n) is 14.9. The summed E-state index contributed by atoms with van der Waals surface area (Å²) in [5.74, 6) is 1.53. The number of hydrogen-bond acceptors (Lipinski definition) is 4. The van der Waals surface area contributed by atoms with Crippen molar-refractivity contribution in [1.82, 2.24) is 0 Å². The first kappa shape index (κ1) is 17.9. The molecule has 0 aliphatic carbocycles. The minimum atomic E-state index is 0.601. The monoisotopic (exact) mass is 326 g/mol. The highest BCUT2D eigenvalue weighted by Gasteiger charge is 2.05. The Bertz CT molecular complexity index is 696. The molecule has 4 heteroatoms. The minimum absolute atomic E-state index is 0.601. The molecule has 0 spiro atoms. The number of benzene rings is 2. The van der Waals surface area contributed by atoms with Crippen LogP contribution in [0, 0.1) is 13.8 Å². The van der Waals surface area contributed by atoms with Crippen LogP contribution in [0.4, 0.5) is 5.69 Å². The quantitative estimate of drug-likeness (QED) is 0.552. The molecule has 2 aromatic rings. The van der Waals surface area contributed by atoms with Gasteiger partial charge in [0.2, 0.25) is 0 Å². The molecule has 1 N–H and O–H groups in total. The zero-order valence-corrected chi connectivity index (χ0v) is 14.9. The molecule has 0 saturated carbocycles. The zero-order chi connectivity index (χ0) is 17.4. The lowest BCUT2D eigenvalue weighted by Crippen LogP contribution is -2.01. The van der Waals surface area contributed by atoms with Gasteiger partial charge in [-0.2, -0.15) is 5.10 Å². The molecule has 0 amide bonds. The number of rotatable bonds is 8. The second kappa shape index (κ2) is 8.96. The summed E-state index contributed by atoms with van der Waals surface area (Å²) in [5.41, 5.74) is 7.50. The Labute approximate surface area is 144 Å². The topological polar surface area (TPSA) is 42.8 Å². The Morgan fingerprint density at radius 1 is 0.958 bits per heavy atom. The predicted molar refractivity (Wildman–Crippen MR) is 101 cm³/mol. The molecule has 0 fully saturated rings. The maximum atomic E-state index is 5.71. The third-order valence-corrected chi connectivity index (χ3v) is 3.64. The van der Waals surface area contributed by atoms with Crippen molar-refractivity contribution in [3.8, 4) is 11.5 Å². The molecule has 0 unspecified atom stereocenters. The van der Waals surface area contributed by atoms with E-state index in [1.54, 1.807) is 6.21 Å². The number of nitrogens with zero attached hydrogens (tertiary/aromatic N) is 1. The standard InChI is InChI=1S/C20H26N2O2/c1-5-11-24-19-10-8-17(13-20(19)23-6-2)14-21-22-18-9-7-15(3)16(4)12-18/h7-10,12-14,22H,5-6,11H2,1-4H3/b21-14+. The van der Waals surface area contributed by atoms with Crippen molar-refractivity contribution in [1.29, 1.82) is 0 Å². The smallest absolute Gasteiger partial charge is 0.161 e. The van der Waals surface area contributed by atoms with Crippen LogP contribution in [-0.2, 0) is 0 Å². The maximum absolute atomic E-state index is 5.71. The van der Waals surface area contributed by atoms with Crippen LogP contribution in [0.5, 0.6) is 11.5 Å². The summed E-state index contributed by atoms with van der Waals surface area (Å²) in [6, 6.07) is 12.0. The number of hydrogen-bond donors (Lipinski definition) is 1. The lowest BCUT2D eigenvalue weighted by Gasteiger charge is -2.11. The molecule has 0 atom stereocenters. The normalized spacial score (nSPS) is 10.8. The van der Waals surface area contributed by atoms with Crippen LogP contribution in [0.1, 0.15) is 37.0 Å². The molecule has 4 nitrogen and oxygen atoms in total. The van der Waals surface area contributed by atoms with Gasteiger partial charge in [0, 0.05) is 0 Å². The first-order chi connectivity index (χ1) is 11.6. The van der Waals surface area contributed by atoms with Gasteiger partial charge in [-0.25, -0.2) is 0 Å². The largest absolute Gasteiger partial charge is 0.490 e. The molecular formula is C20H26N2O2. The Hall–Kier alpha value is -2.49. The Morgan fingerprint density at radius 2 is 1.79 bits per heavy atom. The molecule has 0 aromatic heterocycles. The molecule has 128 valence electrons. The van der Waals surface area contributed by atoms with E-state index in [4.69, 9.17) is 9.47 Å². The third-order valence-electron chi connectivity index (χ3n) is 3.64. The van der Waals surface area contributed by atoms with Crippen molar-refractivity contribution in [3.63, 3.8) is 0 Å². The van der Waals surface area contributed by atoms with Gasteiger partial charge in [0.05, 0.1) is 25.1 Å². The number of hydrazone groups is 1. The fraction of sp³-hybridized carbons (Fsp3) is 0.350. The van der Waals surface area contributed by atoms with Gasteiger partial charge in [-0.1, -0.05) is 13.0 Å². The Morgan fingerprint density at radius 3 is 2.50 bits per heavy atom. The van der Waals surface area contributed by atoms with Crippen molar-refractivity contribution in [2.75, 3.05) is 18.6 Å². The number of aryl methyl sites for hydroxylation is 2. The highest BCUT2D eigenvalue weighted by atomic mass is 16.5. The third kappa shape index (κ3) is 5.01. The Kier molecular flexibility index (Phi) is 6.67. The highest BCUT2D eigenvalue weighted by Crippen LogP contribution is 2.28. The van der Waals surface area contributed by atoms with Crippen molar-refractivity contribution >= 4 is 11.9 Å². The van der Waals surface area contributed by atoms with E-state index in [1.807, 2.05) is 31.2 Å². The van der Waals surface area contributed by atoms with E-state index in [1.165, 1.54) is 11.1 Å². The van der Waals surface area contributed by atoms with E-state index >= 15 is 0 Å². The van der Waals surface area contributed by atoms with Gasteiger partial charge in [0.1, 0.15) is 0 Å².